The molecule has 2 aromatic heterocycles. The zero-order valence-corrected chi connectivity index (χ0v) is 13.1. The molecule has 0 aliphatic carbocycles. The number of thioether (sulfide) groups is 1. The largest absolute Gasteiger partial charge is 0.269 e. The Bertz CT molecular complexity index is 808. The van der Waals surface area contributed by atoms with Gasteiger partial charge in [-0.25, -0.2) is 4.98 Å². The van der Waals surface area contributed by atoms with Crippen LogP contribution in [0.25, 0.3) is 4.96 Å². The molecule has 0 spiro atoms. The van der Waals surface area contributed by atoms with Gasteiger partial charge < -0.3 is 0 Å². The Morgan fingerprint density at radius 2 is 2.10 bits per heavy atom. The highest BCUT2D eigenvalue weighted by Gasteiger charge is 2.06. The predicted molar refractivity (Wildman–Crippen MR) is 85.1 cm³/mol. The number of rotatable bonds is 3. The summed E-state index contributed by atoms with van der Waals surface area (Å²) in [5.41, 5.74) is 0.780. The van der Waals surface area contributed by atoms with Crippen LogP contribution in [0.1, 0.15) is 10.6 Å². The average Bonchev–Trinajstić information content (AvgIpc) is 2.79. The van der Waals surface area contributed by atoms with Crippen molar-refractivity contribution in [3.05, 3.63) is 62.5 Å². The van der Waals surface area contributed by atoms with Crippen molar-refractivity contribution in [1.82, 2.24) is 9.38 Å². The van der Waals surface area contributed by atoms with E-state index < -0.39 is 0 Å². The Morgan fingerprint density at radius 1 is 1.35 bits per heavy atom. The molecule has 0 aliphatic rings. The number of halogens is 1. The fourth-order valence-electron chi connectivity index (χ4n) is 1.82. The summed E-state index contributed by atoms with van der Waals surface area (Å²) < 4.78 is 1.59. The van der Waals surface area contributed by atoms with Gasteiger partial charge in [0.1, 0.15) is 0 Å². The molecule has 0 saturated heterocycles. The fraction of sp³-hybridized carbons (Fsp3) is 0.143. The van der Waals surface area contributed by atoms with Crippen LogP contribution in [-0.4, -0.2) is 9.38 Å². The Labute approximate surface area is 129 Å². The van der Waals surface area contributed by atoms with Gasteiger partial charge in [-0.1, -0.05) is 11.6 Å². The van der Waals surface area contributed by atoms with Crippen molar-refractivity contribution in [3.8, 4) is 0 Å². The van der Waals surface area contributed by atoms with Gasteiger partial charge in [-0.15, -0.1) is 23.1 Å². The Kier molecular flexibility index (Phi) is 3.83. The van der Waals surface area contributed by atoms with Crippen molar-refractivity contribution in [3.63, 3.8) is 0 Å². The highest BCUT2D eigenvalue weighted by Crippen LogP contribution is 2.24. The number of hydrogen-bond donors (Lipinski definition) is 0. The quantitative estimate of drug-likeness (QED) is 0.683. The summed E-state index contributed by atoms with van der Waals surface area (Å²) in [6.45, 7) is 1.97. The number of thiazole rings is 1. The summed E-state index contributed by atoms with van der Waals surface area (Å²) in [6, 6.07) is 9.25. The molecule has 20 heavy (non-hydrogen) atoms. The first-order chi connectivity index (χ1) is 9.61. The number of nitrogens with zero attached hydrogens (tertiary/aromatic N) is 2. The van der Waals surface area contributed by atoms with E-state index >= 15 is 0 Å². The maximum Gasteiger partial charge on any atom is 0.258 e. The second-order valence-electron chi connectivity index (χ2n) is 4.32. The summed E-state index contributed by atoms with van der Waals surface area (Å²) in [5.74, 6) is 0.671. The van der Waals surface area contributed by atoms with Gasteiger partial charge in [0.05, 0.1) is 5.69 Å². The summed E-state index contributed by atoms with van der Waals surface area (Å²) in [4.78, 5) is 19.4. The van der Waals surface area contributed by atoms with Crippen molar-refractivity contribution in [2.75, 3.05) is 0 Å². The first kappa shape index (κ1) is 13.7. The molecule has 3 rings (SSSR count). The van der Waals surface area contributed by atoms with Crippen LogP contribution in [0, 0.1) is 6.92 Å². The number of aromatic nitrogens is 2. The number of fused-ring (bicyclic) bond motifs is 1. The lowest BCUT2D eigenvalue weighted by atomic mass is 10.4. The highest BCUT2D eigenvalue weighted by molar-refractivity contribution is 7.98. The zero-order chi connectivity index (χ0) is 14.1. The summed E-state index contributed by atoms with van der Waals surface area (Å²) in [7, 11) is 0. The van der Waals surface area contributed by atoms with Crippen molar-refractivity contribution >= 4 is 39.7 Å². The standard InChI is InChI=1S/C14H11ClN2OS2/c1-9-7-17-13(18)6-11(16-14(17)20-9)8-19-12-4-2-10(15)3-5-12/h2-7H,8H2,1H3. The monoisotopic (exact) mass is 322 g/mol. The molecule has 1 aromatic carbocycles. The molecule has 0 fully saturated rings. The normalized spacial score (nSPS) is 11.1. The summed E-state index contributed by atoms with van der Waals surface area (Å²) >= 11 is 9.02. The lowest BCUT2D eigenvalue weighted by Crippen LogP contribution is -2.12. The van der Waals surface area contributed by atoms with Gasteiger partial charge in [-0.3, -0.25) is 9.20 Å². The molecule has 3 aromatic rings. The van der Waals surface area contributed by atoms with E-state index in [4.69, 9.17) is 11.6 Å². The van der Waals surface area contributed by atoms with E-state index in [1.54, 1.807) is 22.2 Å². The van der Waals surface area contributed by atoms with Crippen LogP contribution < -0.4 is 5.56 Å². The molecule has 2 heterocycles. The molecule has 0 saturated carbocycles. The molecule has 0 atom stereocenters. The SMILES string of the molecule is Cc1cn2c(=O)cc(CSc3ccc(Cl)cc3)nc2s1. The van der Waals surface area contributed by atoms with Gasteiger partial charge in [0.25, 0.3) is 5.56 Å². The average molecular weight is 323 g/mol. The minimum atomic E-state index is -0.0222. The Balaban J connectivity index is 1.84. The molecular weight excluding hydrogens is 312 g/mol. The Hall–Kier alpha value is -1.30. The smallest absolute Gasteiger partial charge is 0.258 e. The van der Waals surface area contributed by atoms with E-state index in [1.165, 1.54) is 11.3 Å². The van der Waals surface area contributed by atoms with Crippen molar-refractivity contribution < 1.29 is 0 Å². The van der Waals surface area contributed by atoms with Crippen LogP contribution in [0.4, 0.5) is 0 Å². The van der Waals surface area contributed by atoms with Crippen LogP contribution in [0.3, 0.4) is 0 Å². The van der Waals surface area contributed by atoms with Gasteiger partial charge in [0.2, 0.25) is 0 Å². The van der Waals surface area contributed by atoms with Crippen LogP contribution in [0.15, 0.2) is 46.2 Å². The number of hydrogen-bond acceptors (Lipinski definition) is 4. The number of aryl methyl sites for hydroxylation is 1. The fourth-order valence-corrected chi connectivity index (χ4v) is 3.59. The molecule has 0 radical (unpaired) electrons. The molecule has 0 aliphatic heterocycles. The minimum absolute atomic E-state index is 0.0222. The van der Waals surface area contributed by atoms with E-state index in [0.717, 1.165) is 25.5 Å². The van der Waals surface area contributed by atoms with Crippen molar-refractivity contribution in [1.29, 1.82) is 0 Å². The van der Waals surface area contributed by atoms with E-state index in [2.05, 4.69) is 4.98 Å². The van der Waals surface area contributed by atoms with Gasteiger partial charge in [0, 0.05) is 32.8 Å². The van der Waals surface area contributed by atoms with Crippen molar-refractivity contribution in [2.45, 2.75) is 17.6 Å². The third kappa shape index (κ3) is 2.90. The van der Waals surface area contributed by atoms with Crippen LogP contribution in [0.2, 0.25) is 5.02 Å². The van der Waals surface area contributed by atoms with Crippen molar-refractivity contribution in [2.24, 2.45) is 0 Å². The molecule has 0 amide bonds. The van der Waals surface area contributed by atoms with E-state index in [1.807, 2.05) is 37.4 Å². The molecule has 102 valence electrons. The maximum absolute atomic E-state index is 12.0. The van der Waals surface area contributed by atoms with Gasteiger partial charge in [-0.2, -0.15) is 0 Å². The number of benzene rings is 1. The highest BCUT2D eigenvalue weighted by atomic mass is 35.5. The summed E-state index contributed by atoms with van der Waals surface area (Å²) in [5, 5.41) is 0.723. The molecule has 0 N–H and O–H groups in total. The first-order valence-electron chi connectivity index (χ1n) is 5.99. The lowest BCUT2D eigenvalue weighted by molar-refractivity contribution is 1.03. The third-order valence-corrected chi connectivity index (χ3v) is 4.93. The van der Waals surface area contributed by atoms with E-state index in [0.29, 0.717) is 5.75 Å². The second-order valence-corrected chi connectivity index (χ2v) is 7.02. The van der Waals surface area contributed by atoms with Gasteiger partial charge in [0.15, 0.2) is 4.96 Å². The molecule has 6 heteroatoms. The van der Waals surface area contributed by atoms with Crippen LogP contribution in [-0.2, 0) is 5.75 Å². The van der Waals surface area contributed by atoms with Crippen LogP contribution in [0.5, 0.6) is 0 Å². The second kappa shape index (κ2) is 5.60. The molecule has 0 unspecified atom stereocenters. The van der Waals surface area contributed by atoms with Gasteiger partial charge >= 0.3 is 0 Å². The maximum atomic E-state index is 12.0. The zero-order valence-electron chi connectivity index (χ0n) is 10.7. The predicted octanol–water partition coefficient (Wildman–Crippen LogP) is 4.01. The van der Waals surface area contributed by atoms with E-state index in [9.17, 15) is 4.79 Å². The minimum Gasteiger partial charge on any atom is -0.269 e. The summed E-state index contributed by atoms with van der Waals surface area (Å²) in [6.07, 6.45) is 1.82. The van der Waals surface area contributed by atoms with E-state index in [-0.39, 0.29) is 5.56 Å². The molecule has 0 bridgehead atoms. The topological polar surface area (TPSA) is 34.4 Å². The first-order valence-corrected chi connectivity index (χ1v) is 8.17. The molecule has 3 nitrogen and oxygen atoms in total. The lowest BCUT2D eigenvalue weighted by Gasteiger charge is -2.02. The van der Waals surface area contributed by atoms with Gasteiger partial charge in [-0.05, 0) is 31.2 Å². The van der Waals surface area contributed by atoms with Crippen LogP contribution >= 0.6 is 34.7 Å². The Morgan fingerprint density at radius 3 is 2.85 bits per heavy atom. The molecular formula is C14H11ClN2OS2. The third-order valence-electron chi connectivity index (χ3n) is 2.74.